The summed E-state index contributed by atoms with van der Waals surface area (Å²) < 4.78 is 2.47. The number of allylic oxidation sites excluding steroid dienone is 2. The van der Waals surface area contributed by atoms with E-state index in [4.69, 9.17) is 9.97 Å². The lowest BCUT2D eigenvalue weighted by molar-refractivity contribution is 0.585. The molecule has 1 unspecified atom stereocenters. The third-order valence-electron chi connectivity index (χ3n) is 18.9. The molecule has 2 aliphatic carbocycles. The average Bonchev–Trinajstić information content (AvgIpc) is 1.52. The molecule has 1 atom stereocenters. The largest absolute Gasteiger partial charge is 0.371 e. The first-order valence-corrected chi connectivity index (χ1v) is 30.9. The standard InChI is InChI=1S/C84H66N4/c1-82(2,3)62-40-42-85-75(51-62)77-49-61(50-78(87-77)76-52-63(41-43-86-76)83(4,5)6)55-32-36-64(37-33-55)88-79-38-34-56(60-45-58(53-20-9-7-10-21-53)44-59(46-60)54-22-11-8-12-23-54)47-69(79)70-48-57(35-39-80(70)88)65-27-19-31-74-81(65)68-26-15-18-30-73(68)84(74)71-28-16-13-24-66(71)67-25-14-17-29-72(67)84/h7-52,77,87H,1-6H3. The second-order valence-corrected chi connectivity index (χ2v) is 26.2. The van der Waals surface area contributed by atoms with Gasteiger partial charge in [0.1, 0.15) is 0 Å². The highest BCUT2D eigenvalue weighted by atomic mass is 15.0. The number of pyridine rings is 2. The number of nitrogens with one attached hydrogen (secondary N) is 1. The Balaban J connectivity index is 0.876. The molecule has 0 amide bonds. The van der Waals surface area contributed by atoms with Crippen LogP contribution in [0.4, 0.5) is 0 Å². The van der Waals surface area contributed by atoms with Crippen LogP contribution in [0, 0.1) is 0 Å². The first-order valence-electron chi connectivity index (χ1n) is 30.9. The lowest BCUT2D eigenvalue weighted by atomic mass is 9.70. The average molecular weight is 1130 g/mol. The number of benzene rings is 10. The maximum absolute atomic E-state index is 4.98. The van der Waals surface area contributed by atoms with Crippen LogP contribution in [-0.4, -0.2) is 14.5 Å². The van der Waals surface area contributed by atoms with Gasteiger partial charge in [0.15, 0.2) is 0 Å². The van der Waals surface area contributed by atoms with E-state index in [-0.39, 0.29) is 16.9 Å². The van der Waals surface area contributed by atoms with E-state index in [0.29, 0.717) is 0 Å². The minimum atomic E-state index is -0.436. The predicted octanol–water partition coefficient (Wildman–Crippen LogP) is 20.9. The van der Waals surface area contributed by atoms with E-state index in [0.717, 1.165) is 50.5 Å². The number of hydrogen-bond acceptors (Lipinski definition) is 3. The predicted molar refractivity (Wildman–Crippen MR) is 367 cm³/mol. The summed E-state index contributed by atoms with van der Waals surface area (Å²) in [5.41, 5.74) is 30.6. The van der Waals surface area contributed by atoms with Gasteiger partial charge in [-0.15, -0.1) is 0 Å². The molecule has 13 aromatic rings. The Kier molecular flexibility index (Phi) is 12.3. The van der Waals surface area contributed by atoms with Gasteiger partial charge < -0.3 is 9.88 Å². The van der Waals surface area contributed by atoms with Crippen molar-refractivity contribution in [1.29, 1.82) is 0 Å². The molecular weight excluding hydrogens is 1060 g/mol. The first-order chi connectivity index (χ1) is 42.9. The molecule has 88 heavy (non-hydrogen) atoms. The minimum Gasteiger partial charge on any atom is -0.371 e. The van der Waals surface area contributed by atoms with Crippen molar-refractivity contribution in [3.8, 4) is 72.4 Å². The second-order valence-electron chi connectivity index (χ2n) is 26.2. The highest BCUT2D eigenvalue weighted by molar-refractivity contribution is 6.12. The molecule has 1 aliphatic heterocycles. The van der Waals surface area contributed by atoms with Crippen molar-refractivity contribution in [3.63, 3.8) is 0 Å². The first kappa shape index (κ1) is 53.1. The van der Waals surface area contributed by atoms with Crippen molar-refractivity contribution < 1.29 is 0 Å². The molecule has 0 radical (unpaired) electrons. The normalized spacial score (nSPS) is 14.7. The highest BCUT2D eigenvalue weighted by Gasteiger charge is 2.52. The van der Waals surface area contributed by atoms with Gasteiger partial charge in [-0.05, 0) is 213 Å². The van der Waals surface area contributed by atoms with Gasteiger partial charge in [-0.1, -0.05) is 217 Å². The SMILES string of the molecule is CC(C)(C)c1ccnc(C2=CC(c3ccc(-n4c5ccc(-c6cc(-c7ccccc7)cc(-c7ccccc7)c6)cc5c5cc(-c6cccc7c6-c6ccccc6C76c7ccccc7-c7ccccc76)ccc54)cc3)=CC(c3cc(C(C)(C)C)ccn3)N2)c1. The maximum Gasteiger partial charge on any atom is 0.0879 e. The zero-order chi connectivity index (χ0) is 59.5. The van der Waals surface area contributed by atoms with Crippen molar-refractivity contribution in [2.75, 3.05) is 0 Å². The van der Waals surface area contributed by atoms with Crippen molar-refractivity contribution in [2.45, 2.75) is 63.8 Å². The van der Waals surface area contributed by atoms with Gasteiger partial charge in [0.05, 0.1) is 39.6 Å². The van der Waals surface area contributed by atoms with E-state index in [1.807, 2.05) is 12.4 Å². The highest BCUT2D eigenvalue weighted by Crippen LogP contribution is 2.64. The third kappa shape index (κ3) is 8.64. The van der Waals surface area contributed by atoms with E-state index in [2.05, 4.69) is 318 Å². The van der Waals surface area contributed by atoms with Crippen LogP contribution < -0.4 is 5.32 Å². The maximum atomic E-state index is 4.98. The van der Waals surface area contributed by atoms with Crippen LogP contribution in [0.2, 0.25) is 0 Å². The molecule has 1 N–H and O–H groups in total. The second kappa shape index (κ2) is 20.4. The van der Waals surface area contributed by atoms with E-state index >= 15 is 0 Å². The molecule has 0 bridgehead atoms. The molecule has 0 saturated heterocycles. The molecular formula is C84H66N4. The molecule has 4 nitrogen and oxygen atoms in total. The fourth-order valence-electron chi connectivity index (χ4n) is 14.5. The minimum absolute atomic E-state index is 0.0292. The molecule has 10 aromatic carbocycles. The molecule has 0 saturated carbocycles. The Morgan fingerprint density at radius 2 is 0.875 bits per heavy atom. The van der Waals surface area contributed by atoms with Gasteiger partial charge in [-0.2, -0.15) is 0 Å². The number of dihydropyridines is 1. The lowest BCUT2D eigenvalue weighted by Gasteiger charge is -2.30. The van der Waals surface area contributed by atoms with Crippen LogP contribution in [0.1, 0.15) is 97.9 Å². The summed E-state index contributed by atoms with van der Waals surface area (Å²) >= 11 is 0. The Morgan fingerprint density at radius 3 is 1.49 bits per heavy atom. The van der Waals surface area contributed by atoms with Crippen LogP contribution in [0.15, 0.2) is 279 Å². The van der Waals surface area contributed by atoms with Gasteiger partial charge in [-0.3, -0.25) is 9.97 Å². The molecule has 3 aliphatic rings. The van der Waals surface area contributed by atoms with Gasteiger partial charge in [-0.25, -0.2) is 0 Å². The lowest BCUT2D eigenvalue weighted by Crippen LogP contribution is -2.25. The van der Waals surface area contributed by atoms with E-state index in [9.17, 15) is 0 Å². The zero-order valence-corrected chi connectivity index (χ0v) is 50.5. The third-order valence-corrected chi connectivity index (χ3v) is 18.9. The summed E-state index contributed by atoms with van der Waals surface area (Å²) in [4.78, 5) is 9.94. The number of rotatable bonds is 8. The van der Waals surface area contributed by atoms with Crippen LogP contribution in [0.3, 0.4) is 0 Å². The summed E-state index contributed by atoms with van der Waals surface area (Å²) in [6.45, 7) is 13.5. The topological polar surface area (TPSA) is 42.7 Å². The Bertz CT molecular complexity index is 4900. The van der Waals surface area contributed by atoms with Crippen molar-refractivity contribution in [1.82, 2.24) is 19.9 Å². The molecule has 3 aromatic heterocycles. The number of hydrogen-bond donors (Lipinski definition) is 1. The van der Waals surface area contributed by atoms with Gasteiger partial charge in [0.25, 0.3) is 0 Å². The van der Waals surface area contributed by atoms with Crippen LogP contribution in [0.5, 0.6) is 0 Å². The van der Waals surface area contributed by atoms with Gasteiger partial charge >= 0.3 is 0 Å². The van der Waals surface area contributed by atoms with Gasteiger partial charge in [0.2, 0.25) is 0 Å². The summed E-state index contributed by atoms with van der Waals surface area (Å²) in [5, 5.41) is 6.26. The fourth-order valence-corrected chi connectivity index (χ4v) is 14.5. The molecule has 1 spiro atoms. The van der Waals surface area contributed by atoms with E-state index in [1.54, 1.807) is 0 Å². The van der Waals surface area contributed by atoms with Crippen LogP contribution in [-0.2, 0) is 16.2 Å². The molecule has 0 fully saturated rings. The quantitative estimate of drug-likeness (QED) is 0.165. The fraction of sp³-hybridized carbons (Fsp3) is 0.119. The molecule has 422 valence electrons. The Labute approximate surface area is 515 Å². The summed E-state index contributed by atoms with van der Waals surface area (Å²) in [7, 11) is 0. The zero-order valence-electron chi connectivity index (χ0n) is 50.5. The van der Waals surface area contributed by atoms with E-state index in [1.165, 1.54) is 105 Å². The smallest absolute Gasteiger partial charge is 0.0879 e. The molecule has 4 heterocycles. The van der Waals surface area contributed by atoms with Crippen LogP contribution in [0.25, 0.3) is 106 Å². The van der Waals surface area contributed by atoms with Gasteiger partial charge in [0, 0.05) is 28.9 Å². The number of fused-ring (bicyclic) bond motifs is 13. The van der Waals surface area contributed by atoms with E-state index < -0.39 is 5.41 Å². The molecule has 4 heteroatoms. The summed E-state index contributed by atoms with van der Waals surface area (Å²) in [6, 6.07) is 95.0. The van der Waals surface area contributed by atoms with Crippen molar-refractivity contribution >= 4 is 33.1 Å². The monoisotopic (exact) mass is 1130 g/mol. The summed E-state index contributed by atoms with van der Waals surface area (Å²) in [6.07, 6.45) is 8.48. The number of nitrogens with zero attached hydrogens (tertiary/aromatic N) is 3. The van der Waals surface area contributed by atoms with Crippen molar-refractivity contribution in [3.05, 3.63) is 330 Å². The summed E-state index contributed by atoms with van der Waals surface area (Å²) in [5.74, 6) is 0. The van der Waals surface area contributed by atoms with Crippen molar-refractivity contribution in [2.24, 2.45) is 0 Å². The van der Waals surface area contributed by atoms with Crippen LogP contribution >= 0.6 is 0 Å². The number of aromatic nitrogens is 3. The Morgan fingerprint density at radius 1 is 0.386 bits per heavy atom. The Hall–Kier alpha value is -10.4. The molecule has 16 rings (SSSR count).